The van der Waals surface area contributed by atoms with Crippen LogP contribution < -0.4 is 4.74 Å². The van der Waals surface area contributed by atoms with E-state index in [0.717, 1.165) is 44.1 Å². The van der Waals surface area contributed by atoms with Crippen molar-refractivity contribution in [3.8, 4) is 28.1 Å². The number of halogens is 1. The lowest BCUT2D eigenvalue weighted by Gasteiger charge is -2.14. The first-order valence-corrected chi connectivity index (χ1v) is 8.44. The summed E-state index contributed by atoms with van der Waals surface area (Å²) in [5, 5.41) is 1.68. The van der Waals surface area contributed by atoms with Gasteiger partial charge < -0.3 is 4.74 Å². The monoisotopic (exact) mass is 345 g/mol. The summed E-state index contributed by atoms with van der Waals surface area (Å²) < 4.78 is 5.27. The second kappa shape index (κ2) is 6.58. The van der Waals surface area contributed by atoms with Crippen LogP contribution in [0.1, 0.15) is 0 Å². The highest BCUT2D eigenvalue weighted by Gasteiger charge is 2.16. The minimum atomic E-state index is 0.725. The Kier molecular flexibility index (Phi) is 4.12. The fourth-order valence-electron chi connectivity index (χ4n) is 3.00. The quantitative estimate of drug-likeness (QED) is 0.439. The van der Waals surface area contributed by atoms with Gasteiger partial charge in [0.15, 0.2) is 0 Å². The predicted molar refractivity (Wildman–Crippen MR) is 104 cm³/mol. The number of aromatic nitrogens is 1. The van der Waals surface area contributed by atoms with E-state index in [0.29, 0.717) is 0 Å². The molecule has 0 saturated heterocycles. The lowest BCUT2D eigenvalue weighted by molar-refractivity contribution is 0.415. The number of rotatable bonds is 3. The van der Waals surface area contributed by atoms with Gasteiger partial charge in [0, 0.05) is 16.5 Å². The SMILES string of the molecule is COc1ccc(-c2nc3ccccc3c(Cl)c2-c2ccccc2)cc1. The molecule has 0 aliphatic rings. The molecule has 0 fully saturated rings. The minimum Gasteiger partial charge on any atom is -0.497 e. The van der Waals surface area contributed by atoms with Crippen molar-refractivity contribution >= 4 is 22.5 Å². The molecule has 0 aliphatic carbocycles. The van der Waals surface area contributed by atoms with Crippen LogP contribution >= 0.6 is 11.6 Å². The highest BCUT2D eigenvalue weighted by molar-refractivity contribution is 6.38. The maximum absolute atomic E-state index is 6.83. The fraction of sp³-hybridized carbons (Fsp3) is 0.0455. The first-order valence-electron chi connectivity index (χ1n) is 8.06. The first-order chi connectivity index (χ1) is 12.3. The Hall–Kier alpha value is -2.84. The van der Waals surface area contributed by atoms with Crippen LogP contribution in [0.4, 0.5) is 0 Å². The van der Waals surface area contributed by atoms with Crippen molar-refractivity contribution in [1.82, 2.24) is 4.98 Å². The molecule has 0 spiro atoms. The second-order valence-electron chi connectivity index (χ2n) is 5.76. The van der Waals surface area contributed by atoms with Crippen molar-refractivity contribution in [3.05, 3.63) is 83.9 Å². The zero-order valence-electron chi connectivity index (χ0n) is 13.7. The molecular formula is C22H16ClNO. The molecule has 4 rings (SSSR count). The largest absolute Gasteiger partial charge is 0.497 e. The highest BCUT2D eigenvalue weighted by atomic mass is 35.5. The third kappa shape index (κ3) is 2.86. The molecular weight excluding hydrogens is 330 g/mol. The zero-order chi connectivity index (χ0) is 17.2. The van der Waals surface area contributed by atoms with E-state index in [-0.39, 0.29) is 0 Å². The third-order valence-electron chi connectivity index (χ3n) is 4.25. The van der Waals surface area contributed by atoms with E-state index in [4.69, 9.17) is 21.3 Å². The molecule has 0 unspecified atom stereocenters. The maximum Gasteiger partial charge on any atom is 0.118 e. The molecule has 3 heteroatoms. The van der Waals surface area contributed by atoms with Gasteiger partial charge in [-0.2, -0.15) is 0 Å². The molecule has 1 aromatic heterocycles. The number of hydrogen-bond acceptors (Lipinski definition) is 2. The van der Waals surface area contributed by atoms with Crippen molar-refractivity contribution in [1.29, 1.82) is 0 Å². The lowest BCUT2D eigenvalue weighted by Crippen LogP contribution is -1.93. The molecule has 0 amide bonds. The van der Waals surface area contributed by atoms with Crippen LogP contribution in [0.25, 0.3) is 33.3 Å². The molecule has 3 aromatic carbocycles. The Morgan fingerprint density at radius 2 is 1.44 bits per heavy atom. The van der Waals surface area contributed by atoms with E-state index in [1.54, 1.807) is 7.11 Å². The minimum absolute atomic E-state index is 0.725. The van der Waals surface area contributed by atoms with E-state index >= 15 is 0 Å². The number of hydrogen-bond donors (Lipinski definition) is 0. The van der Waals surface area contributed by atoms with E-state index < -0.39 is 0 Å². The Bertz CT molecular complexity index is 1030. The van der Waals surface area contributed by atoms with Crippen molar-refractivity contribution in [2.45, 2.75) is 0 Å². The Balaban J connectivity index is 2.04. The van der Waals surface area contributed by atoms with Crippen molar-refractivity contribution in [2.24, 2.45) is 0 Å². The maximum atomic E-state index is 6.83. The molecule has 0 bridgehead atoms. The van der Waals surface area contributed by atoms with Gasteiger partial charge in [-0.25, -0.2) is 4.98 Å². The molecule has 122 valence electrons. The van der Waals surface area contributed by atoms with E-state index in [9.17, 15) is 0 Å². The van der Waals surface area contributed by atoms with E-state index in [2.05, 4.69) is 12.1 Å². The van der Waals surface area contributed by atoms with Gasteiger partial charge in [-0.05, 0) is 35.9 Å². The number of para-hydroxylation sites is 1. The van der Waals surface area contributed by atoms with Crippen LogP contribution in [0.15, 0.2) is 78.9 Å². The summed E-state index contributed by atoms with van der Waals surface area (Å²) in [7, 11) is 1.66. The van der Waals surface area contributed by atoms with Gasteiger partial charge in [-0.15, -0.1) is 0 Å². The molecule has 2 nitrogen and oxygen atoms in total. The molecule has 0 radical (unpaired) electrons. The smallest absolute Gasteiger partial charge is 0.118 e. The van der Waals surface area contributed by atoms with Crippen LogP contribution in [-0.2, 0) is 0 Å². The highest BCUT2D eigenvalue weighted by Crippen LogP contribution is 2.40. The zero-order valence-corrected chi connectivity index (χ0v) is 14.5. The van der Waals surface area contributed by atoms with E-state index in [1.807, 2.05) is 66.7 Å². The Morgan fingerprint density at radius 1 is 0.760 bits per heavy atom. The van der Waals surface area contributed by atoms with Gasteiger partial charge in [0.25, 0.3) is 0 Å². The van der Waals surface area contributed by atoms with Gasteiger partial charge in [0.2, 0.25) is 0 Å². The summed E-state index contributed by atoms with van der Waals surface area (Å²) in [6, 6.07) is 26.0. The summed E-state index contributed by atoms with van der Waals surface area (Å²) >= 11 is 6.83. The van der Waals surface area contributed by atoms with Crippen LogP contribution in [-0.4, -0.2) is 12.1 Å². The van der Waals surface area contributed by atoms with Crippen molar-refractivity contribution < 1.29 is 4.74 Å². The van der Waals surface area contributed by atoms with Crippen LogP contribution in [0.5, 0.6) is 5.75 Å². The average molecular weight is 346 g/mol. The lowest BCUT2D eigenvalue weighted by atomic mass is 9.97. The molecule has 0 saturated carbocycles. The number of methoxy groups -OCH3 is 1. The van der Waals surface area contributed by atoms with Gasteiger partial charge in [-0.3, -0.25) is 0 Å². The van der Waals surface area contributed by atoms with Gasteiger partial charge in [0.1, 0.15) is 5.75 Å². The summed E-state index contributed by atoms with van der Waals surface area (Å²) in [4.78, 5) is 4.91. The molecule has 0 aliphatic heterocycles. The first kappa shape index (κ1) is 15.7. The number of pyridine rings is 1. The Morgan fingerprint density at radius 3 is 2.16 bits per heavy atom. The predicted octanol–water partition coefficient (Wildman–Crippen LogP) is 6.23. The average Bonchev–Trinajstić information content (AvgIpc) is 2.69. The molecule has 0 N–H and O–H groups in total. The molecule has 0 atom stereocenters. The third-order valence-corrected chi connectivity index (χ3v) is 4.65. The molecule has 25 heavy (non-hydrogen) atoms. The number of benzene rings is 3. The van der Waals surface area contributed by atoms with Crippen molar-refractivity contribution in [2.75, 3.05) is 7.11 Å². The second-order valence-corrected chi connectivity index (χ2v) is 6.14. The summed E-state index contributed by atoms with van der Waals surface area (Å²) in [6.07, 6.45) is 0. The normalized spacial score (nSPS) is 10.8. The fourth-order valence-corrected chi connectivity index (χ4v) is 3.36. The van der Waals surface area contributed by atoms with Crippen LogP contribution in [0.3, 0.4) is 0 Å². The number of fused-ring (bicyclic) bond motifs is 1. The Labute approximate surface area is 151 Å². The topological polar surface area (TPSA) is 22.1 Å². The van der Waals surface area contributed by atoms with Crippen LogP contribution in [0.2, 0.25) is 5.02 Å². The molecule has 4 aromatic rings. The van der Waals surface area contributed by atoms with Gasteiger partial charge in [-0.1, -0.05) is 60.1 Å². The number of ether oxygens (including phenoxy) is 1. The molecule has 1 heterocycles. The van der Waals surface area contributed by atoms with Crippen molar-refractivity contribution in [3.63, 3.8) is 0 Å². The van der Waals surface area contributed by atoms with Gasteiger partial charge >= 0.3 is 0 Å². The van der Waals surface area contributed by atoms with Crippen LogP contribution in [0, 0.1) is 0 Å². The van der Waals surface area contributed by atoms with Gasteiger partial charge in [0.05, 0.1) is 23.3 Å². The summed E-state index contributed by atoms with van der Waals surface area (Å²) in [6.45, 7) is 0. The van der Waals surface area contributed by atoms with E-state index in [1.165, 1.54) is 0 Å². The number of nitrogens with zero attached hydrogens (tertiary/aromatic N) is 1. The summed E-state index contributed by atoms with van der Waals surface area (Å²) in [5.41, 5.74) is 4.77. The standard InChI is InChI=1S/C22H16ClNO/c1-25-17-13-11-16(12-14-17)22-20(15-7-3-2-4-8-15)21(23)18-9-5-6-10-19(18)24-22/h2-14H,1H3. The summed E-state index contributed by atoms with van der Waals surface area (Å²) in [5.74, 6) is 0.817.